The summed E-state index contributed by atoms with van der Waals surface area (Å²) < 4.78 is 12.2. The lowest BCUT2D eigenvalue weighted by Gasteiger charge is -2.14. The monoisotopic (exact) mass is 461 g/mol. The molecule has 134 valence electrons. The normalized spacial score (nSPS) is 10.6. The average Bonchev–Trinajstić information content (AvgIpc) is 2.64. The van der Waals surface area contributed by atoms with Crippen molar-refractivity contribution < 1.29 is 14.3 Å². The number of amides is 1. The lowest BCUT2D eigenvalue weighted by molar-refractivity contribution is 0.102. The number of carbonyl (C=O) groups is 1. The van der Waals surface area contributed by atoms with Crippen LogP contribution in [0.3, 0.4) is 0 Å². The quantitative estimate of drug-likeness (QED) is 0.494. The molecule has 0 heterocycles. The van der Waals surface area contributed by atoms with Crippen LogP contribution in [0.5, 0.6) is 11.5 Å². The molecule has 4 nitrogen and oxygen atoms in total. The first kappa shape index (κ1) is 18.5. The zero-order valence-corrected chi connectivity index (χ0v) is 16.9. The van der Waals surface area contributed by atoms with Gasteiger partial charge in [-0.05, 0) is 71.5 Å². The summed E-state index contributed by atoms with van der Waals surface area (Å²) in [5.74, 6) is 1.09. The molecule has 0 bridgehead atoms. The van der Waals surface area contributed by atoms with Gasteiger partial charge in [0.15, 0.2) is 11.5 Å². The molecule has 0 fully saturated rings. The molecule has 3 aromatic carbocycles. The fourth-order valence-electron chi connectivity index (χ4n) is 2.72. The fourth-order valence-corrected chi connectivity index (χ4v) is 3.47. The van der Waals surface area contributed by atoms with Gasteiger partial charge in [0.25, 0.3) is 5.91 Å². The lowest BCUT2D eigenvalue weighted by Crippen LogP contribution is -2.13. The van der Waals surface area contributed by atoms with E-state index in [0.29, 0.717) is 30.3 Å². The van der Waals surface area contributed by atoms with Crippen molar-refractivity contribution in [3.05, 3.63) is 63.7 Å². The highest BCUT2D eigenvalue weighted by Crippen LogP contribution is 2.34. The van der Waals surface area contributed by atoms with Crippen molar-refractivity contribution in [3.63, 3.8) is 0 Å². The number of rotatable bonds is 6. The number of carbonyl (C=O) groups excluding carboxylic acids is 1. The smallest absolute Gasteiger partial charge is 0.255 e. The third-order valence-corrected chi connectivity index (χ3v) is 4.67. The Balaban J connectivity index is 1.88. The summed E-state index contributed by atoms with van der Waals surface area (Å²) in [6.07, 6.45) is 0. The molecule has 26 heavy (non-hydrogen) atoms. The maximum absolute atomic E-state index is 12.7. The highest BCUT2D eigenvalue weighted by atomic mass is 127. The summed E-state index contributed by atoms with van der Waals surface area (Å²) in [7, 11) is 0. The molecule has 0 spiro atoms. The maximum Gasteiger partial charge on any atom is 0.255 e. The van der Waals surface area contributed by atoms with Crippen molar-refractivity contribution in [1.82, 2.24) is 0 Å². The van der Waals surface area contributed by atoms with Gasteiger partial charge in [-0.3, -0.25) is 4.79 Å². The van der Waals surface area contributed by atoms with Crippen molar-refractivity contribution in [2.24, 2.45) is 0 Å². The molecule has 0 aliphatic heterocycles. The van der Waals surface area contributed by atoms with Gasteiger partial charge >= 0.3 is 0 Å². The summed E-state index contributed by atoms with van der Waals surface area (Å²) in [4.78, 5) is 12.7. The van der Waals surface area contributed by atoms with E-state index < -0.39 is 0 Å². The van der Waals surface area contributed by atoms with Crippen molar-refractivity contribution in [2.75, 3.05) is 18.5 Å². The van der Waals surface area contributed by atoms with Crippen molar-refractivity contribution in [1.29, 1.82) is 0 Å². The molecule has 0 radical (unpaired) electrons. The number of nitrogens with one attached hydrogen (secondary N) is 1. The second-order valence-electron chi connectivity index (χ2n) is 5.67. The van der Waals surface area contributed by atoms with Gasteiger partial charge in [-0.25, -0.2) is 0 Å². The number of hydrogen-bond donors (Lipinski definition) is 1. The van der Waals surface area contributed by atoms with Crippen LogP contribution < -0.4 is 14.8 Å². The first-order valence-electron chi connectivity index (χ1n) is 8.51. The summed E-state index contributed by atoms with van der Waals surface area (Å²) in [6.45, 7) is 4.88. The zero-order valence-electron chi connectivity index (χ0n) is 14.7. The Bertz CT molecular complexity index is 940. The second-order valence-corrected chi connectivity index (χ2v) is 6.83. The van der Waals surface area contributed by atoms with Crippen LogP contribution >= 0.6 is 22.6 Å². The van der Waals surface area contributed by atoms with Gasteiger partial charge in [-0.15, -0.1) is 0 Å². The topological polar surface area (TPSA) is 47.6 Å². The molecule has 0 saturated heterocycles. The van der Waals surface area contributed by atoms with Crippen molar-refractivity contribution in [2.45, 2.75) is 13.8 Å². The van der Waals surface area contributed by atoms with Crippen LogP contribution in [0.1, 0.15) is 24.2 Å². The number of halogens is 1. The minimum absolute atomic E-state index is 0.179. The first-order valence-corrected chi connectivity index (χ1v) is 9.59. The number of fused-ring (bicyclic) bond motifs is 1. The fraction of sp³-hybridized carbons (Fsp3) is 0.190. The number of anilines is 1. The van der Waals surface area contributed by atoms with E-state index in [1.165, 1.54) is 0 Å². The van der Waals surface area contributed by atoms with Crippen molar-refractivity contribution >= 4 is 45.0 Å². The van der Waals surface area contributed by atoms with E-state index in [9.17, 15) is 4.79 Å². The molecule has 0 aliphatic rings. The zero-order chi connectivity index (χ0) is 18.5. The van der Waals surface area contributed by atoms with E-state index in [1.807, 2.05) is 62.4 Å². The van der Waals surface area contributed by atoms with E-state index in [1.54, 1.807) is 6.07 Å². The molecule has 1 amide bonds. The number of benzene rings is 3. The van der Waals surface area contributed by atoms with E-state index in [2.05, 4.69) is 27.9 Å². The first-order chi connectivity index (χ1) is 12.6. The van der Waals surface area contributed by atoms with Crippen LogP contribution in [0.2, 0.25) is 0 Å². The van der Waals surface area contributed by atoms with Crippen LogP contribution in [0.25, 0.3) is 10.8 Å². The SMILES string of the molecule is CCOc1cc(C(=O)Nc2ccc3ccccc3c2)cc(I)c1OCC. The van der Waals surface area contributed by atoms with E-state index in [-0.39, 0.29) is 5.91 Å². The van der Waals surface area contributed by atoms with Crippen LogP contribution in [0.15, 0.2) is 54.6 Å². The minimum atomic E-state index is -0.179. The Kier molecular flexibility index (Phi) is 5.98. The highest BCUT2D eigenvalue weighted by molar-refractivity contribution is 14.1. The predicted molar refractivity (Wildman–Crippen MR) is 113 cm³/mol. The van der Waals surface area contributed by atoms with Gasteiger partial charge in [-0.1, -0.05) is 30.3 Å². The Morgan fingerprint density at radius 1 is 0.962 bits per heavy atom. The summed E-state index contributed by atoms with van der Waals surface area (Å²) in [6, 6.07) is 17.5. The van der Waals surface area contributed by atoms with E-state index >= 15 is 0 Å². The largest absolute Gasteiger partial charge is 0.490 e. The standard InChI is InChI=1S/C21H20INO3/c1-3-25-19-13-16(12-18(22)20(19)26-4-2)21(24)23-17-10-9-14-7-5-6-8-15(14)11-17/h5-13H,3-4H2,1-2H3,(H,23,24). The van der Waals surface area contributed by atoms with Gasteiger partial charge in [-0.2, -0.15) is 0 Å². The third kappa shape index (κ3) is 4.09. The van der Waals surface area contributed by atoms with E-state index in [0.717, 1.165) is 20.0 Å². The van der Waals surface area contributed by atoms with E-state index in [4.69, 9.17) is 9.47 Å². The van der Waals surface area contributed by atoms with Crippen LogP contribution in [-0.4, -0.2) is 19.1 Å². The van der Waals surface area contributed by atoms with Gasteiger partial charge < -0.3 is 14.8 Å². The van der Waals surface area contributed by atoms with Crippen molar-refractivity contribution in [3.8, 4) is 11.5 Å². The Labute approximate surface area is 166 Å². The van der Waals surface area contributed by atoms with Crippen LogP contribution in [0.4, 0.5) is 5.69 Å². The Morgan fingerprint density at radius 2 is 1.69 bits per heavy atom. The molecular formula is C21H20INO3. The van der Waals surface area contributed by atoms with Crippen LogP contribution in [-0.2, 0) is 0 Å². The summed E-state index contributed by atoms with van der Waals surface area (Å²) in [5.41, 5.74) is 1.30. The Morgan fingerprint density at radius 3 is 2.42 bits per heavy atom. The molecule has 3 rings (SSSR count). The van der Waals surface area contributed by atoms with Gasteiger partial charge in [0.1, 0.15) is 0 Å². The molecule has 3 aromatic rings. The lowest BCUT2D eigenvalue weighted by atomic mass is 10.1. The minimum Gasteiger partial charge on any atom is -0.490 e. The number of ether oxygens (including phenoxy) is 2. The number of hydrogen-bond acceptors (Lipinski definition) is 3. The Hall–Kier alpha value is -2.28. The summed E-state index contributed by atoms with van der Waals surface area (Å²) >= 11 is 2.17. The average molecular weight is 461 g/mol. The summed E-state index contributed by atoms with van der Waals surface area (Å²) in [5, 5.41) is 5.18. The molecule has 0 unspecified atom stereocenters. The molecular weight excluding hydrogens is 441 g/mol. The molecule has 1 N–H and O–H groups in total. The van der Waals surface area contributed by atoms with Gasteiger partial charge in [0.05, 0.1) is 16.8 Å². The molecule has 5 heteroatoms. The molecule has 0 atom stereocenters. The van der Waals surface area contributed by atoms with Crippen LogP contribution in [0, 0.1) is 3.57 Å². The van der Waals surface area contributed by atoms with Gasteiger partial charge in [0, 0.05) is 11.3 Å². The molecule has 0 aliphatic carbocycles. The second kappa shape index (κ2) is 8.40. The molecule has 0 saturated carbocycles. The third-order valence-electron chi connectivity index (χ3n) is 3.87. The highest BCUT2D eigenvalue weighted by Gasteiger charge is 2.16. The predicted octanol–water partition coefficient (Wildman–Crippen LogP) is 5.49. The van der Waals surface area contributed by atoms with Gasteiger partial charge in [0.2, 0.25) is 0 Å². The maximum atomic E-state index is 12.7. The molecule has 0 aromatic heterocycles.